The first kappa shape index (κ1) is 39.4. The molecule has 3 fully saturated rings. The van der Waals surface area contributed by atoms with Crippen LogP contribution in [0.15, 0.2) is 78.5 Å². The highest BCUT2D eigenvalue weighted by molar-refractivity contribution is 14.1. The van der Waals surface area contributed by atoms with Crippen LogP contribution in [0, 0.1) is 34.2 Å². The van der Waals surface area contributed by atoms with Gasteiger partial charge < -0.3 is 9.84 Å². The van der Waals surface area contributed by atoms with Crippen molar-refractivity contribution >= 4 is 92.5 Å². The molecule has 4 aromatic rings. The number of ether oxygens (including phenoxy) is 1. The summed E-state index contributed by atoms with van der Waals surface area (Å²) >= 11 is 21.0. The third kappa shape index (κ3) is 6.08. The molecule has 3 aromatic carbocycles. The van der Waals surface area contributed by atoms with Crippen LogP contribution in [0.4, 0.5) is 24.7 Å². The molecule has 2 saturated heterocycles. The molecule has 57 heavy (non-hydrogen) atoms. The number of methoxy groups -OCH3 is 1. The summed E-state index contributed by atoms with van der Waals surface area (Å²) in [6, 6.07) is 15.2. The number of benzene rings is 3. The Kier molecular flexibility index (Phi) is 9.81. The van der Waals surface area contributed by atoms with Crippen molar-refractivity contribution in [2.24, 2.45) is 23.7 Å². The molecule has 1 saturated carbocycles. The SMILES string of the molecule is COc1cc([C@H]2C3=CC[C@@H]4C(=O)N(c5ccc(C)c(Cl)c5)C(=O)[C@@H]4[C@@H]3C[C@H]3C(=O)N(Nc4ncc(C(F)(F)F)cc4Cl)C(=O)[C@@]23c2ccc(Cl)cc2)cc(I)c1O. The summed E-state index contributed by atoms with van der Waals surface area (Å²) < 4.78 is 46.5. The lowest BCUT2D eigenvalue weighted by Gasteiger charge is -2.50. The molecule has 294 valence electrons. The quantitative estimate of drug-likeness (QED) is 0.112. The van der Waals surface area contributed by atoms with Gasteiger partial charge in [-0.05, 0) is 107 Å². The number of pyridine rings is 1. The molecule has 3 heterocycles. The number of carbonyl (C=O) groups is 4. The first-order valence-electron chi connectivity index (χ1n) is 17.5. The van der Waals surface area contributed by atoms with E-state index in [1.165, 1.54) is 7.11 Å². The maximum atomic E-state index is 15.4. The molecule has 10 nitrogen and oxygen atoms in total. The number of carbonyl (C=O) groups excluding carboxylic acids is 4. The fraction of sp³-hybridized carbons (Fsp3) is 0.275. The Balaban J connectivity index is 1.33. The van der Waals surface area contributed by atoms with E-state index in [4.69, 9.17) is 39.5 Å². The van der Waals surface area contributed by atoms with Crippen molar-refractivity contribution < 1.29 is 42.2 Å². The van der Waals surface area contributed by atoms with Gasteiger partial charge in [-0.2, -0.15) is 18.2 Å². The van der Waals surface area contributed by atoms with Gasteiger partial charge in [-0.3, -0.25) is 24.6 Å². The first-order chi connectivity index (χ1) is 27.0. The Bertz CT molecular complexity index is 2450. The number of alkyl halides is 3. The van der Waals surface area contributed by atoms with Gasteiger partial charge in [0.05, 0.1) is 50.1 Å². The molecule has 17 heteroatoms. The zero-order valence-electron chi connectivity index (χ0n) is 29.7. The van der Waals surface area contributed by atoms with Crippen molar-refractivity contribution in [1.82, 2.24) is 9.99 Å². The van der Waals surface area contributed by atoms with Crippen LogP contribution in [0.5, 0.6) is 11.5 Å². The Labute approximate surface area is 352 Å². The maximum absolute atomic E-state index is 15.4. The topological polar surface area (TPSA) is 129 Å². The largest absolute Gasteiger partial charge is 0.504 e. The van der Waals surface area contributed by atoms with Crippen LogP contribution in [-0.2, 0) is 30.8 Å². The highest BCUT2D eigenvalue weighted by atomic mass is 127. The summed E-state index contributed by atoms with van der Waals surface area (Å²) in [4.78, 5) is 64.0. The molecular weight excluding hydrogens is 923 g/mol. The molecular formula is C40H29Cl3F3IN4O6. The minimum Gasteiger partial charge on any atom is -0.504 e. The summed E-state index contributed by atoms with van der Waals surface area (Å²) in [5, 5.41) is 11.9. The van der Waals surface area contributed by atoms with Gasteiger partial charge in [0.15, 0.2) is 17.3 Å². The zero-order chi connectivity index (χ0) is 40.9. The van der Waals surface area contributed by atoms with Crippen LogP contribution < -0.4 is 15.1 Å². The Morgan fingerprint density at radius 1 is 0.947 bits per heavy atom. The van der Waals surface area contributed by atoms with Gasteiger partial charge >= 0.3 is 6.18 Å². The fourth-order valence-electron chi connectivity index (χ4n) is 9.05. The molecule has 2 N–H and O–H groups in total. The number of halogens is 7. The van der Waals surface area contributed by atoms with Crippen molar-refractivity contribution in [1.29, 1.82) is 0 Å². The number of hydrogen-bond donors (Lipinski definition) is 2. The summed E-state index contributed by atoms with van der Waals surface area (Å²) in [6.45, 7) is 1.80. The minimum atomic E-state index is -4.76. The van der Waals surface area contributed by atoms with E-state index in [0.29, 0.717) is 53.3 Å². The van der Waals surface area contributed by atoms with Gasteiger partial charge in [-0.25, -0.2) is 9.88 Å². The molecule has 4 aliphatic rings. The molecule has 0 bridgehead atoms. The number of nitrogens with one attached hydrogen (secondary N) is 1. The summed E-state index contributed by atoms with van der Waals surface area (Å²) in [7, 11) is 1.37. The van der Waals surface area contributed by atoms with E-state index in [-0.39, 0.29) is 30.2 Å². The molecule has 2 aliphatic heterocycles. The van der Waals surface area contributed by atoms with E-state index < -0.39 is 75.4 Å². The van der Waals surface area contributed by atoms with E-state index in [1.54, 1.807) is 61.5 Å². The molecule has 0 radical (unpaired) electrons. The predicted molar refractivity (Wildman–Crippen MR) is 213 cm³/mol. The van der Waals surface area contributed by atoms with Crippen molar-refractivity contribution in [3.63, 3.8) is 0 Å². The smallest absolute Gasteiger partial charge is 0.417 e. The van der Waals surface area contributed by atoms with Crippen LogP contribution in [0.25, 0.3) is 0 Å². The van der Waals surface area contributed by atoms with Gasteiger partial charge in [0.1, 0.15) is 0 Å². The normalized spacial score (nSPS) is 25.6. The lowest BCUT2D eigenvalue weighted by molar-refractivity contribution is -0.139. The first-order valence-corrected chi connectivity index (χ1v) is 19.7. The number of phenols is 1. The number of aromatic hydroxyl groups is 1. The van der Waals surface area contributed by atoms with E-state index in [1.807, 2.05) is 28.7 Å². The second-order valence-corrected chi connectivity index (χ2v) is 16.8. The number of aryl methyl sites for hydroxylation is 1. The number of fused-ring (bicyclic) bond motifs is 4. The number of hydrazine groups is 1. The van der Waals surface area contributed by atoms with Crippen LogP contribution >= 0.6 is 57.4 Å². The molecule has 4 amide bonds. The third-order valence-electron chi connectivity index (χ3n) is 11.6. The number of imide groups is 2. The van der Waals surface area contributed by atoms with Crippen LogP contribution in [-0.4, -0.2) is 45.8 Å². The molecule has 0 unspecified atom stereocenters. The third-order valence-corrected chi connectivity index (χ3v) is 13.3. The molecule has 0 spiro atoms. The fourth-order valence-corrected chi connectivity index (χ4v) is 10.2. The Hall–Kier alpha value is -4.38. The van der Waals surface area contributed by atoms with Gasteiger partial charge in [-0.1, -0.05) is 64.7 Å². The second kappa shape index (κ2) is 14.2. The predicted octanol–water partition coefficient (Wildman–Crippen LogP) is 8.88. The summed E-state index contributed by atoms with van der Waals surface area (Å²) in [5.41, 5.74) is 2.21. The van der Waals surface area contributed by atoms with Crippen molar-refractivity contribution in [3.05, 3.63) is 119 Å². The van der Waals surface area contributed by atoms with Crippen LogP contribution in [0.1, 0.15) is 41.0 Å². The Morgan fingerprint density at radius 2 is 1.67 bits per heavy atom. The Morgan fingerprint density at radius 3 is 2.32 bits per heavy atom. The van der Waals surface area contributed by atoms with Crippen molar-refractivity contribution in [2.75, 3.05) is 17.4 Å². The average molecular weight is 952 g/mol. The number of hydrogen-bond acceptors (Lipinski definition) is 8. The maximum Gasteiger partial charge on any atom is 0.417 e. The summed E-state index contributed by atoms with van der Waals surface area (Å²) in [6.07, 6.45) is -2.31. The molecule has 6 atom stereocenters. The molecule has 1 aromatic heterocycles. The van der Waals surface area contributed by atoms with E-state index >= 15 is 4.79 Å². The molecule has 8 rings (SSSR count). The van der Waals surface area contributed by atoms with Crippen LogP contribution in [0.2, 0.25) is 15.1 Å². The monoisotopic (exact) mass is 950 g/mol. The average Bonchev–Trinajstić information content (AvgIpc) is 3.55. The highest BCUT2D eigenvalue weighted by Gasteiger charge is 2.70. The number of rotatable bonds is 6. The van der Waals surface area contributed by atoms with E-state index in [9.17, 15) is 32.7 Å². The number of amides is 4. The van der Waals surface area contributed by atoms with Gasteiger partial charge in [0, 0.05) is 22.2 Å². The zero-order valence-corrected chi connectivity index (χ0v) is 34.1. The number of nitrogens with zero attached hydrogens (tertiary/aromatic N) is 3. The second-order valence-electron chi connectivity index (χ2n) is 14.4. The van der Waals surface area contributed by atoms with E-state index in [2.05, 4.69) is 10.4 Å². The van der Waals surface area contributed by atoms with Crippen LogP contribution in [0.3, 0.4) is 0 Å². The highest BCUT2D eigenvalue weighted by Crippen LogP contribution is 2.65. The van der Waals surface area contributed by atoms with Crippen molar-refractivity contribution in [2.45, 2.75) is 37.3 Å². The minimum absolute atomic E-state index is 0.0725. The number of phenolic OH excluding ortho intramolecular Hbond substituents is 1. The van der Waals surface area contributed by atoms with Gasteiger partial charge in [0.25, 0.3) is 11.8 Å². The lowest BCUT2D eigenvalue weighted by Crippen LogP contribution is -2.53. The van der Waals surface area contributed by atoms with Crippen molar-refractivity contribution in [3.8, 4) is 11.5 Å². The van der Waals surface area contributed by atoms with E-state index in [0.717, 1.165) is 10.5 Å². The number of aromatic nitrogens is 1. The lowest BCUT2D eigenvalue weighted by atomic mass is 9.49. The number of anilines is 2. The number of allylic oxidation sites excluding steroid dienone is 2. The van der Waals surface area contributed by atoms with Gasteiger partial charge in [-0.15, -0.1) is 0 Å². The molecule has 2 aliphatic carbocycles. The van der Waals surface area contributed by atoms with Gasteiger partial charge in [0.2, 0.25) is 11.8 Å². The summed E-state index contributed by atoms with van der Waals surface area (Å²) in [5.74, 6) is -7.62. The standard InChI is InChI=1S/C40H29Cl3F3IN4O6/c1-17-3-8-22(14-27(17)42)50-35(53)24-10-9-23-25(31(24)37(50)55)15-26-36(54)51(49-34-28(43)13-20(16-48-34)40(44,45)46)38(56)39(26,19-4-6-21(41)7-5-19)32(23)18-11-29(47)33(52)30(12-18)57-2/h3-9,11-14,16,24-26,31-32,52H,10,15H2,1-2H3,(H,48,49)/t24-,25+,26-,31-,32-,39+/m0/s1.